The number of benzene rings is 2. The molecular weight excluding hydrogens is 274 g/mol. The number of nitrogens with zero attached hydrogens (tertiary/aromatic N) is 1. The fourth-order valence-corrected chi connectivity index (χ4v) is 3.78. The van der Waals surface area contributed by atoms with E-state index in [9.17, 15) is 4.79 Å². The Morgan fingerprint density at radius 2 is 1.79 bits per heavy atom. The molecule has 0 radical (unpaired) electrons. The van der Waals surface area contributed by atoms with Crippen LogP contribution in [-0.4, -0.2) is 10.1 Å². The first-order chi connectivity index (χ1) is 9.31. The molecule has 0 aliphatic rings. The van der Waals surface area contributed by atoms with Crippen molar-refractivity contribution in [2.45, 2.75) is 10.8 Å². The average Bonchev–Trinajstić information content (AvgIpc) is 2.81. The molecule has 0 unspecified atom stereocenters. The third kappa shape index (κ3) is 3.03. The molecule has 0 amide bonds. The maximum absolute atomic E-state index is 12.0. The third-order valence-electron chi connectivity index (χ3n) is 2.67. The fourth-order valence-electron chi connectivity index (χ4n) is 1.79. The van der Waals surface area contributed by atoms with Gasteiger partial charge in [-0.3, -0.25) is 4.79 Å². The Hall–Kier alpha value is -1.65. The number of hydrogen-bond donors (Lipinski definition) is 0. The van der Waals surface area contributed by atoms with Crippen LogP contribution in [0.3, 0.4) is 0 Å². The van der Waals surface area contributed by atoms with Gasteiger partial charge in [-0.2, -0.15) is 0 Å². The lowest BCUT2D eigenvalue weighted by molar-refractivity contribution is -0.110. The number of aromatic nitrogens is 1. The fraction of sp³-hybridized carbons (Fsp3) is 0.0667. The SMILES string of the molecule is O=C(Cc1ccccc1)Sc1nc2ccccc2s1. The topological polar surface area (TPSA) is 30.0 Å². The molecule has 2 aromatic carbocycles. The van der Waals surface area contributed by atoms with Crippen molar-refractivity contribution in [1.29, 1.82) is 0 Å². The maximum atomic E-state index is 12.0. The second kappa shape index (κ2) is 5.55. The summed E-state index contributed by atoms with van der Waals surface area (Å²) >= 11 is 2.80. The predicted molar refractivity (Wildman–Crippen MR) is 80.6 cm³/mol. The van der Waals surface area contributed by atoms with Crippen LogP contribution in [0.4, 0.5) is 0 Å². The first-order valence-corrected chi connectivity index (χ1v) is 7.55. The van der Waals surface area contributed by atoms with E-state index in [4.69, 9.17) is 0 Å². The van der Waals surface area contributed by atoms with Gasteiger partial charge in [0, 0.05) is 6.42 Å². The van der Waals surface area contributed by atoms with Gasteiger partial charge >= 0.3 is 0 Å². The summed E-state index contributed by atoms with van der Waals surface area (Å²) in [4.78, 5) is 16.4. The minimum Gasteiger partial charge on any atom is -0.286 e. The van der Waals surface area contributed by atoms with Crippen LogP contribution in [0.5, 0.6) is 0 Å². The molecule has 0 aliphatic heterocycles. The Labute approximate surface area is 119 Å². The van der Waals surface area contributed by atoms with Gasteiger partial charge in [0.15, 0.2) is 9.45 Å². The number of rotatable bonds is 3. The van der Waals surface area contributed by atoms with Crippen LogP contribution < -0.4 is 0 Å². The summed E-state index contributed by atoms with van der Waals surface area (Å²) in [5.74, 6) is 0. The molecule has 0 N–H and O–H groups in total. The molecule has 4 heteroatoms. The summed E-state index contributed by atoms with van der Waals surface area (Å²) in [6, 6.07) is 17.7. The van der Waals surface area contributed by atoms with Gasteiger partial charge in [-0.15, -0.1) is 11.3 Å². The Morgan fingerprint density at radius 3 is 2.58 bits per heavy atom. The standard InChI is InChI=1S/C15H11NOS2/c17-14(10-11-6-2-1-3-7-11)19-15-16-12-8-4-5-9-13(12)18-15/h1-9H,10H2. The van der Waals surface area contributed by atoms with Crippen molar-refractivity contribution in [3.63, 3.8) is 0 Å². The van der Waals surface area contributed by atoms with E-state index in [2.05, 4.69) is 4.98 Å². The van der Waals surface area contributed by atoms with Crippen molar-refractivity contribution >= 4 is 38.4 Å². The maximum Gasteiger partial charge on any atom is 0.200 e. The molecule has 3 aromatic rings. The van der Waals surface area contributed by atoms with Crippen LogP contribution in [-0.2, 0) is 11.2 Å². The van der Waals surface area contributed by atoms with E-state index in [1.54, 1.807) is 11.3 Å². The number of carbonyl (C=O) groups is 1. The van der Waals surface area contributed by atoms with Crippen molar-refractivity contribution in [2.75, 3.05) is 0 Å². The molecule has 0 saturated heterocycles. The van der Waals surface area contributed by atoms with E-state index < -0.39 is 0 Å². The largest absolute Gasteiger partial charge is 0.286 e. The van der Waals surface area contributed by atoms with Crippen LogP contribution in [0.15, 0.2) is 58.9 Å². The van der Waals surface area contributed by atoms with Gasteiger partial charge < -0.3 is 0 Å². The summed E-state index contributed by atoms with van der Waals surface area (Å²) < 4.78 is 1.94. The predicted octanol–water partition coefficient (Wildman–Crippen LogP) is 4.16. The molecule has 1 heterocycles. The molecule has 1 aromatic heterocycles. The van der Waals surface area contributed by atoms with E-state index in [1.807, 2.05) is 54.6 Å². The summed E-state index contributed by atoms with van der Waals surface area (Å²) in [5.41, 5.74) is 2.00. The second-order valence-corrected chi connectivity index (χ2v) is 6.42. The van der Waals surface area contributed by atoms with Crippen LogP contribution in [0.25, 0.3) is 10.2 Å². The van der Waals surface area contributed by atoms with Crippen LogP contribution in [0, 0.1) is 0 Å². The lowest BCUT2D eigenvalue weighted by Crippen LogP contribution is -1.96. The van der Waals surface area contributed by atoms with Gasteiger partial charge in [-0.1, -0.05) is 42.5 Å². The summed E-state index contributed by atoms with van der Waals surface area (Å²) in [6.45, 7) is 0. The molecule has 2 nitrogen and oxygen atoms in total. The normalized spacial score (nSPS) is 10.7. The zero-order valence-corrected chi connectivity index (χ0v) is 11.7. The van der Waals surface area contributed by atoms with Crippen molar-refractivity contribution in [3.05, 3.63) is 60.2 Å². The number of para-hydroxylation sites is 1. The zero-order valence-electron chi connectivity index (χ0n) is 10.1. The zero-order chi connectivity index (χ0) is 13.1. The average molecular weight is 285 g/mol. The van der Waals surface area contributed by atoms with Crippen LogP contribution in [0.2, 0.25) is 0 Å². The summed E-state index contributed by atoms with van der Waals surface area (Å²) in [7, 11) is 0. The lowest BCUT2D eigenvalue weighted by Gasteiger charge is -1.97. The molecule has 0 saturated carbocycles. The summed E-state index contributed by atoms with van der Waals surface area (Å²) in [5, 5.41) is 0.130. The molecule has 0 atom stereocenters. The molecular formula is C15H11NOS2. The van der Waals surface area contributed by atoms with Gasteiger partial charge in [-0.05, 0) is 29.5 Å². The minimum absolute atomic E-state index is 0.130. The van der Waals surface area contributed by atoms with Crippen molar-refractivity contribution in [2.24, 2.45) is 0 Å². The van der Waals surface area contributed by atoms with Crippen LogP contribution in [0.1, 0.15) is 5.56 Å². The second-order valence-electron chi connectivity index (χ2n) is 4.08. The Balaban J connectivity index is 1.72. The highest BCUT2D eigenvalue weighted by Gasteiger charge is 2.10. The van der Waals surface area contributed by atoms with E-state index in [1.165, 1.54) is 11.8 Å². The molecule has 3 rings (SSSR count). The quantitative estimate of drug-likeness (QED) is 0.677. The molecule has 94 valence electrons. The monoisotopic (exact) mass is 285 g/mol. The first kappa shape index (κ1) is 12.4. The molecule has 0 bridgehead atoms. The molecule has 0 fully saturated rings. The molecule has 0 spiro atoms. The molecule has 19 heavy (non-hydrogen) atoms. The van der Waals surface area contributed by atoms with Crippen molar-refractivity contribution in [1.82, 2.24) is 4.98 Å². The minimum atomic E-state index is 0.130. The molecule has 0 aliphatic carbocycles. The smallest absolute Gasteiger partial charge is 0.200 e. The first-order valence-electron chi connectivity index (χ1n) is 5.91. The highest BCUT2D eigenvalue weighted by atomic mass is 32.2. The number of carbonyl (C=O) groups excluding carboxylic acids is 1. The lowest BCUT2D eigenvalue weighted by atomic mass is 10.2. The van der Waals surface area contributed by atoms with E-state index >= 15 is 0 Å². The Kier molecular flexibility index (Phi) is 3.62. The number of thioether (sulfide) groups is 1. The van der Waals surface area contributed by atoms with Gasteiger partial charge in [-0.25, -0.2) is 4.98 Å². The highest BCUT2D eigenvalue weighted by molar-refractivity contribution is 8.15. The van der Waals surface area contributed by atoms with Crippen molar-refractivity contribution in [3.8, 4) is 0 Å². The highest BCUT2D eigenvalue weighted by Crippen LogP contribution is 2.30. The summed E-state index contributed by atoms with van der Waals surface area (Å²) in [6.07, 6.45) is 0.446. The van der Waals surface area contributed by atoms with E-state index in [-0.39, 0.29) is 5.12 Å². The van der Waals surface area contributed by atoms with Gasteiger partial charge in [0.1, 0.15) is 0 Å². The van der Waals surface area contributed by atoms with E-state index in [0.717, 1.165) is 20.1 Å². The number of hydrogen-bond acceptors (Lipinski definition) is 4. The van der Waals surface area contributed by atoms with Crippen LogP contribution >= 0.6 is 23.1 Å². The van der Waals surface area contributed by atoms with Gasteiger partial charge in [0.25, 0.3) is 0 Å². The Bertz CT molecular complexity index is 673. The number of fused-ring (bicyclic) bond motifs is 1. The third-order valence-corrected chi connectivity index (χ3v) is 4.64. The number of thiazole rings is 1. The Morgan fingerprint density at radius 1 is 1.05 bits per heavy atom. The van der Waals surface area contributed by atoms with Crippen molar-refractivity contribution < 1.29 is 4.79 Å². The van der Waals surface area contributed by atoms with Gasteiger partial charge in [0.05, 0.1) is 10.2 Å². The van der Waals surface area contributed by atoms with E-state index in [0.29, 0.717) is 6.42 Å². The van der Waals surface area contributed by atoms with Gasteiger partial charge in [0.2, 0.25) is 0 Å².